The molecule has 3 aromatic carbocycles. The Morgan fingerprint density at radius 2 is 1.42 bits per heavy atom. The molecular weight excluding hydrogens is 626 g/mol. The largest absolute Gasteiger partial charge is 0.463 e. The van der Waals surface area contributed by atoms with Gasteiger partial charge in [-0.25, -0.2) is 9.59 Å². The second-order valence-corrected chi connectivity index (χ2v) is 10.2. The van der Waals surface area contributed by atoms with Crippen molar-refractivity contribution in [2.24, 2.45) is 0 Å². The fourth-order valence-electron chi connectivity index (χ4n) is 4.43. The number of ether oxygens (including phenoxy) is 3. The first-order valence-corrected chi connectivity index (χ1v) is 13.9. The van der Waals surface area contributed by atoms with Crippen LogP contribution in [0.2, 0.25) is 0 Å². The van der Waals surface area contributed by atoms with E-state index in [1.54, 1.807) is 43.3 Å². The molecule has 0 aromatic heterocycles. The van der Waals surface area contributed by atoms with Gasteiger partial charge < -0.3 is 19.1 Å². The number of rotatable bonds is 10. The van der Waals surface area contributed by atoms with Crippen LogP contribution in [0.1, 0.15) is 30.9 Å². The third-order valence-electron chi connectivity index (χ3n) is 6.39. The van der Waals surface area contributed by atoms with Crippen LogP contribution in [-0.2, 0) is 19.1 Å². The first kappa shape index (κ1) is 30.9. The van der Waals surface area contributed by atoms with Crippen molar-refractivity contribution in [1.82, 2.24) is 0 Å². The molecule has 3 aromatic rings. The second kappa shape index (κ2) is 13.3. The number of nitro groups is 2. The Labute approximate surface area is 254 Å². The zero-order valence-electron chi connectivity index (χ0n) is 23.3. The van der Waals surface area contributed by atoms with Gasteiger partial charge in [0, 0.05) is 34.2 Å². The van der Waals surface area contributed by atoms with Gasteiger partial charge in [-0.15, -0.1) is 0 Å². The minimum atomic E-state index is -1.08. The molecule has 0 bridgehead atoms. The highest BCUT2D eigenvalue weighted by molar-refractivity contribution is 9.10. The molecule has 13 heteroatoms. The predicted molar refractivity (Wildman–Crippen MR) is 160 cm³/mol. The molecule has 1 aliphatic rings. The Morgan fingerprint density at radius 1 is 0.837 bits per heavy atom. The molecular formula is C30H26BrN3O9. The van der Waals surface area contributed by atoms with Gasteiger partial charge in [-0.1, -0.05) is 33.6 Å². The molecule has 0 N–H and O–H groups in total. The molecule has 12 nitrogen and oxygen atoms in total. The first-order chi connectivity index (χ1) is 20.5. The molecule has 0 radical (unpaired) electrons. The quantitative estimate of drug-likeness (QED) is 0.129. The molecule has 0 amide bonds. The Balaban J connectivity index is 1.92. The summed E-state index contributed by atoms with van der Waals surface area (Å²) in [7, 11) is 0. The third-order valence-corrected chi connectivity index (χ3v) is 6.88. The van der Waals surface area contributed by atoms with Crippen LogP contribution in [0.4, 0.5) is 17.1 Å². The van der Waals surface area contributed by atoms with Gasteiger partial charge in [0.2, 0.25) is 5.75 Å². The lowest BCUT2D eigenvalue weighted by Gasteiger charge is -2.31. The van der Waals surface area contributed by atoms with Crippen molar-refractivity contribution in [3.63, 3.8) is 0 Å². The average Bonchev–Trinajstić information content (AvgIpc) is 2.98. The summed E-state index contributed by atoms with van der Waals surface area (Å²) in [6.45, 7) is 5.35. The normalized spacial score (nSPS) is 13.1. The number of benzene rings is 3. The number of halogens is 1. The minimum Gasteiger partial charge on any atom is -0.463 e. The average molecular weight is 652 g/mol. The highest BCUT2D eigenvalue weighted by Gasteiger charge is 2.38. The molecule has 0 spiro atoms. The van der Waals surface area contributed by atoms with Crippen molar-refractivity contribution in [1.29, 1.82) is 0 Å². The molecule has 1 heterocycles. The van der Waals surface area contributed by atoms with E-state index in [-0.39, 0.29) is 41.4 Å². The molecule has 0 saturated heterocycles. The van der Waals surface area contributed by atoms with E-state index in [2.05, 4.69) is 15.9 Å². The summed E-state index contributed by atoms with van der Waals surface area (Å²) in [4.78, 5) is 50.0. The van der Waals surface area contributed by atoms with Crippen LogP contribution >= 0.6 is 15.9 Å². The van der Waals surface area contributed by atoms with Gasteiger partial charge in [-0.3, -0.25) is 20.2 Å². The zero-order valence-corrected chi connectivity index (χ0v) is 24.9. The number of carbonyl (C=O) groups excluding carboxylic acids is 2. The van der Waals surface area contributed by atoms with E-state index >= 15 is 0 Å². The summed E-state index contributed by atoms with van der Waals surface area (Å²) in [6, 6.07) is 15.1. The van der Waals surface area contributed by atoms with Crippen molar-refractivity contribution >= 4 is 44.9 Å². The SMILES string of the molecule is CCOC(=O)C1=CN(c2ccc(C)cc2)C=C(C(=O)OCC)C1c1cc(Br)ccc1Oc1ccc([N+](=O)[O-])cc1[N+](=O)[O-]. The van der Waals surface area contributed by atoms with Gasteiger partial charge in [0.05, 0.1) is 46.2 Å². The van der Waals surface area contributed by atoms with Crippen molar-refractivity contribution in [3.05, 3.63) is 120 Å². The van der Waals surface area contributed by atoms with Crippen LogP contribution in [-0.4, -0.2) is 35.0 Å². The number of non-ortho nitro benzene ring substituents is 1. The smallest absolute Gasteiger partial charge is 0.336 e. The summed E-state index contributed by atoms with van der Waals surface area (Å²) in [5.41, 5.74) is 0.990. The van der Waals surface area contributed by atoms with E-state index < -0.39 is 39.1 Å². The Kier molecular flexibility index (Phi) is 9.56. The number of nitrogens with zero attached hydrogens (tertiary/aromatic N) is 3. The summed E-state index contributed by atoms with van der Waals surface area (Å²) in [5.74, 6) is -2.71. The highest BCUT2D eigenvalue weighted by atomic mass is 79.9. The molecule has 0 saturated carbocycles. The number of anilines is 1. The van der Waals surface area contributed by atoms with Crippen LogP contribution < -0.4 is 9.64 Å². The van der Waals surface area contributed by atoms with Crippen molar-refractivity contribution < 1.29 is 33.6 Å². The molecule has 0 unspecified atom stereocenters. The summed E-state index contributed by atoms with van der Waals surface area (Å²) in [6.07, 6.45) is 3.10. The van der Waals surface area contributed by atoms with E-state index in [4.69, 9.17) is 14.2 Å². The lowest BCUT2D eigenvalue weighted by molar-refractivity contribution is -0.394. The number of hydrogen-bond donors (Lipinski definition) is 0. The molecule has 0 fully saturated rings. The molecule has 43 heavy (non-hydrogen) atoms. The third kappa shape index (κ3) is 6.89. The maximum absolute atomic E-state index is 13.4. The van der Waals surface area contributed by atoms with Crippen LogP contribution in [0.15, 0.2) is 88.7 Å². The predicted octanol–water partition coefficient (Wildman–Crippen LogP) is 6.86. The first-order valence-electron chi connectivity index (χ1n) is 13.1. The number of hydrogen-bond acceptors (Lipinski definition) is 10. The monoisotopic (exact) mass is 651 g/mol. The summed E-state index contributed by atoms with van der Waals surface area (Å²) in [5, 5.41) is 23.0. The lowest BCUT2D eigenvalue weighted by Crippen LogP contribution is -2.29. The Bertz CT molecular complexity index is 1620. The maximum Gasteiger partial charge on any atom is 0.336 e. The van der Waals surface area contributed by atoms with E-state index in [9.17, 15) is 29.8 Å². The molecule has 0 aliphatic carbocycles. The van der Waals surface area contributed by atoms with Crippen molar-refractivity contribution in [2.45, 2.75) is 26.7 Å². The molecule has 0 atom stereocenters. The summed E-state index contributed by atoms with van der Waals surface area (Å²) >= 11 is 3.42. The van der Waals surface area contributed by atoms with Crippen molar-refractivity contribution in [2.75, 3.05) is 18.1 Å². The Hall–Kier alpha value is -5.04. The number of carbonyl (C=O) groups is 2. The van der Waals surface area contributed by atoms with Gasteiger partial charge in [0.15, 0.2) is 0 Å². The van der Waals surface area contributed by atoms with Crippen molar-refractivity contribution in [3.8, 4) is 11.5 Å². The zero-order chi connectivity index (χ0) is 31.3. The Morgan fingerprint density at radius 3 is 1.95 bits per heavy atom. The van der Waals surface area contributed by atoms with Gasteiger partial charge in [-0.05, 0) is 57.2 Å². The number of aryl methyl sites for hydroxylation is 1. The molecule has 1 aliphatic heterocycles. The standard InChI is InChI=1S/C30H26BrN3O9/c1-4-41-29(35)23-16-32(20-9-6-18(3)7-10-20)17-24(30(36)42-5-2)28(23)22-14-19(31)8-12-26(22)43-27-13-11-21(33(37)38)15-25(27)34(39)40/h6-17,28H,4-5H2,1-3H3. The van der Waals surface area contributed by atoms with Crippen LogP contribution in [0.3, 0.4) is 0 Å². The second-order valence-electron chi connectivity index (χ2n) is 9.24. The van der Waals surface area contributed by atoms with E-state index in [1.165, 1.54) is 6.07 Å². The van der Waals surface area contributed by atoms with Gasteiger partial charge in [-0.2, -0.15) is 0 Å². The fourth-order valence-corrected chi connectivity index (χ4v) is 4.81. The van der Waals surface area contributed by atoms with Gasteiger partial charge in [0.25, 0.3) is 5.69 Å². The van der Waals surface area contributed by atoms with Crippen LogP contribution in [0, 0.1) is 27.2 Å². The topological polar surface area (TPSA) is 151 Å². The van der Waals surface area contributed by atoms with E-state index in [0.29, 0.717) is 10.2 Å². The molecule has 4 rings (SSSR count). The molecule has 222 valence electrons. The van der Waals surface area contributed by atoms with Gasteiger partial charge >= 0.3 is 17.6 Å². The number of esters is 2. The number of nitro benzene ring substituents is 2. The van der Waals surface area contributed by atoms with Crippen LogP contribution in [0.25, 0.3) is 0 Å². The van der Waals surface area contributed by atoms with Gasteiger partial charge in [0.1, 0.15) is 5.75 Å². The van der Waals surface area contributed by atoms with Crippen LogP contribution in [0.5, 0.6) is 11.5 Å². The lowest BCUT2D eigenvalue weighted by atomic mass is 9.82. The highest BCUT2D eigenvalue weighted by Crippen LogP contribution is 2.45. The van der Waals surface area contributed by atoms with E-state index in [0.717, 1.165) is 23.8 Å². The maximum atomic E-state index is 13.4. The summed E-state index contributed by atoms with van der Waals surface area (Å²) < 4.78 is 17.3. The fraction of sp³-hybridized carbons (Fsp3) is 0.200. The van der Waals surface area contributed by atoms with E-state index in [1.807, 2.05) is 31.2 Å². The minimum absolute atomic E-state index is 0.0549.